The van der Waals surface area contributed by atoms with Crippen LogP contribution >= 0.6 is 0 Å². The maximum Gasteiger partial charge on any atom is 0.303 e. The number of nitrogens with one attached hydrogen (secondary N) is 1. The van der Waals surface area contributed by atoms with E-state index in [1.165, 1.54) is 6.08 Å². The van der Waals surface area contributed by atoms with Gasteiger partial charge in [-0.1, -0.05) is 12.1 Å². The van der Waals surface area contributed by atoms with Crippen LogP contribution in [0.1, 0.15) is 41.6 Å². The molecular weight excluding hydrogens is 320 g/mol. The monoisotopic (exact) mass is 344 g/mol. The van der Waals surface area contributed by atoms with Crippen molar-refractivity contribution in [2.75, 3.05) is 20.1 Å². The van der Waals surface area contributed by atoms with E-state index in [1.54, 1.807) is 42.3 Å². The molecule has 0 radical (unpaired) electrons. The van der Waals surface area contributed by atoms with Crippen molar-refractivity contribution in [1.82, 2.24) is 10.2 Å². The molecule has 6 heteroatoms. The fraction of sp³-hybridized carbons (Fsp3) is 0.421. The standard InChI is InChI=1S/C19H24N2O4/c1-20-19(25)16-8-4-14(5-9-16)6-10-17(22)21-12-2-3-15(13-21)7-11-18(23)24/h4-6,8-10,15H,2-3,7,11-13H2,1H3,(H,20,25)(H,23,24)/b10-6+. The summed E-state index contributed by atoms with van der Waals surface area (Å²) in [6.07, 6.45) is 5.92. The Hall–Kier alpha value is -2.63. The Labute approximate surface area is 147 Å². The molecule has 1 fully saturated rings. The summed E-state index contributed by atoms with van der Waals surface area (Å²) in [4.78, 5) is 36.3. The maximum atomic E-state index is 12.3. The number of hydrogen-bond acceptors (Lipinski definition) is 3. The molecule has 2 N–H and O–H groups in total. The SMILES string of the molecule is CNC(=O)c1ccc(/C=C/C(=O)N2CCCC(CCC(=O)O)C2)cc1. The molecule has 1 aliphatic rings. The van der Waals surface area contributed by atoms with Gasteiger partial charge in [0, 0.05) is 38.2 Å². The average Bonchev–Trinajstić information content (AvgIpc) is 2.64. The van der Waals surface area contributed by atoms with Gasteiger partial charge in [0.05, 0.1) is 0 Å². The van der Waals surface area contributed by atoms with Crippen molar-refractivity contribution in [3.05, 3.63) is 41.5 Å². The summed E-state index contributed by atoms with van der Waals surface area (Å²) in [6, 6.07) is 7.01. The van der Waals surface area contributed by atoms with E-state index in [2.05, 4.69) is 5.32 Å². The molecule has 2 amide bonds. The Bertz CT molecular complexity index is 652. The van der Waals surface area contributed by atoms with Crippen molar-refractivity contribution in [3.63, 3.8) is 0 Å². The highest BCUT2D eigenvalue weighted by Crippen LogP contribution is 2.21. The first-order valence-electron chi connectivity index (χ1n) is 8.50. The molecule has 2 rings (SSSR count). The minimum atomic E-state index is -0.788. The van der Waals surface area contributed by atoms with Gasteiger partial charge in [0.2, 0.25) is 5.91 Å². The smallest absolute Gasteiger partial charge is 0.303 e. The zero-order valence-electron chi connectivity index (χ0n) is 14.4. The first kappa shape index (κ1) is 18.7. The van der Waals surface area contributed by atoms with Crippen LogP contribution in [0.4, 0.5) is 0 Å². The van der Waals surface area contributed by atoms with Crippen LogP contribution in [0.3, 0.4) is 0 Å². The third-order valence-electron chi connectivity index (χ3n) is 4.42. The molecule has 0 spiro atoms. The second-order valence-corrected chi connectivity index (χ2v) is 6.26. The van der Waals surface area contributed by atoms with Gasteiger partial charge < -0.3 is 15.3 Å². The van der Waals surface area contributed by atoms with E-state index in [-0.39, 0.29) is 24.2 Å². The van der Waals surface area contributed by atoms with Crippen LogP contribution in [0.15, 0.2) is 30.3 Å². The fourth-order valence-electron chi connectivity index (χ4n) is 2.99. The molecule has 134 valence electrons. The lowest BCUT2D eigenvalue weighted by Crippen LogP contribution is -2.39. The zero-order valence-corrected chi connectivity index (χ0v) is 14.4. The molecule has 1 aliphatic heterocycles. The van der Waals surface area contributed by atoms with E-state index in [9.17, 15) is 14.4 Å². The highest BCUT2D eigenvalue weighted by Gasteiger charge is 2.22. The zero-order chi connectivity index (χ0) is 18.2. The van der Waals surface area contributed by atoms with Crippen LogP contribution in [0.25, 0.3) is 6.08 Å². The molecule has 25 heavy (non-hydrogen) atoms. The predicted molar refractivity (Wildman–Crippen MR) is 95.0 cm³/mol. The summed E-state index contributed by atoms with van der Waals surface area (Å²) in [7, 11) is 1.58. The topological polar surface area (TPSA) is 86.7 Å². The lowest BCUT2D eigenvalue weighted by Gasteiger charge is -2.32. The maximum absolute atomic E-state index is 12.3. The largest absolute Gasteiger partial charge is 0.481 e. The van der Waals surface area contributed by atoms with Crippen molar-refractivity contribution < 1.29 is 19.5 Å². The minimum absolute atomic E-state index is 0.0598. The Morgan fingerprint density at radius 3 is 2.64 bits per heavy atom. The molecule has 6 nitrogen and oxygen atoms in total. The van der Waals surface area contributed by atoms with Gasteiger partial charge in [0.1, 0.15) is 0 Å². The van der Waals surface area contributed by atoms with Crippen LogP contribution in [0.2, 0.25) is 0 Å². The van der Waals surface area contributed by atoms with E-state index in [4.69, 9.17) is 5.11 Å². The van der Waals surface area contributed by atoms with Crippen molar-refractivity contribution in [1.29, 1.82) is 0 Å². The van der Waals surface area contributed by atoms with Gasteiger partial charge in [0.15, 0.2) is 0 Å². The van der Waals surface area contributed by atoms with E-state index >= 15 is 0 Å². The van der Waals surface area contributed by atoms with Crippen LogP contribution in [-0.4, -0.2) is 47.9 Å². The quantitative estimate of drug-likeness (QED) is 0.774. The van der Waals surface area contributed by atoms with E-state index in [0.717, 1.165) is 18.4 Å². The molecule has 1 heterocycles. The number of carboxylic acids is 1. The molecule has 1 atom stereocenters. The van der Waals surface area contributed by atoms with Gasteiger partial charge in [-0.3, -0.25) is 14.4 Å². The second kappa shape index (κ2) is 9.01. The lowest BCUT2D eigenvalue weighted by atomic mass is 9.93. The minimum Gasteiger partial charge on any atom is -0.481 e. The molecule has 1 saturated heterocycles. The number of nitrogens with zero attached hydrogens (tertiary/aromatic N) is 1. The van der Waals surface area contributed by atoms with Gasteiger partial charge in [-0.15, -0.1) is 0 Å². The van der Waals surface area contributed by atoms with E-state index in [1.807, 2.05) is 0 Å². The van der Waals surface area contributed by atoms with Crippen molar-refractivity contribution in [3.8, 4) is 0 Å². The third-order valence-corrected chi connectivity index (χ3v) is 4.42. The summed E-state index contributed by atoms with van der Waals surface area (Å²) < 4.78 is 0. The number of carboxylic acid groups (broad SMARTS) is 1. The number of hydrogen-bond donors (Lipinski definition) is 2. The first-order valence-corrected chi connectivity index (χ1v) is 8.50. The number of piperidine rings is 1. The Kier molecular flexibility index (Phi) is 6.74. The number of carbonyl (C=O) groups is 3. The number of benzene rings is 1. The summed E-state index contributed by atoms with van der Waals surface area (Å²) in [5.74, 6) is -0.736. The fourth-order valence-corrected chi connectivity index (χ4v) is 2.99. The number of amides is 2. The normalized spacial score (nSPS) is 17.5. The van der Waals surface area contributed by atoms with Crippen molar-refractivity contribution in [2.24, 2.45) is 5.92 Å². The summed E-state index contributed by atoms with van der Waals surface area (Å²) >= 11 is 0. The highest BCUT2D eigenvalue weighted by molar-refractivity contribution is 5.94. The van der Waals surface area contributed by atoms with Gasteiger partial charge in [-0.2, -0.15) is 0 Å². The van der Waals surface area contributed by atoms with Crippen LogP contribution < -0.4 is 5.32 Å². The first-order chi connectivity index (χ1) is 12.0. The Balaban J connectivity index is 1.90. The molecule has 1 aromatic carbocycles. The lowest BCUT2D eigenvalue weighted by molar-refractivity contribution is -0.137. The molecule has 0 saturated carbocycles. The second-order valence-electron chi connectivity index (χ2n) is 6.26. The van der Waals surface area contributed by atoms with Crippen LogP contribution in [0.5, 0.6) is 0 Å². The number of likely N-dealkylation sites (tertiary alicyclic amines) is 1. The Morgan fingerprint density at radius 2 is 2.00 bits per heavy atom. The summed E-state index contributed by atoms with van der Waals surface area (Å²) in [6.45, 7) is 1.33. The predicted octanol–water partition coefficient (Wildman–Crippen LogP) is 2.16. The van der Waals surface area contributed by atoms with Gasteiger partial charge in [-0.05, 0) is 49.0 Å². The number of rotatable bonds is 6. The van der Waals surface area contributed by atoms with Gasteiger partial charge in [-0.25, -0.2) is 0 Å². The third kappa shape index (κ3) is 5.74. The number of aliphatic carboxylic acids is 1. The van der Waals surface area contributed by atoms with Crippen LogP contribution in [-0.2, 0) is 9.59 Å². The molecule has 0 bridgehead atoms. The summed E-state index contributed by atoms with van der Waals surface area (Å²) in [5, 5.41) is 11.3. The van der Waals surface area contributed by atoms with Crippen molar-refractivity contribution in [2.45, 2.75) is 25.7 Å². The molecule has 1 unspecified atom stereocenters. The average molecular weight is 344 g/mol. The number of carbonyl (C=O) groups excluding carboxylic acids is 2. The Morgan fingerprint density at radius 1 is 1.28 bits per heavy atom. The molecule has 1 aromatic rings. The molecular formula is C19H24N2O4. The van der Waals surface area contributed by atoms with E-state index in [0.29, 0.717) is 25.1 Å². The van der Waals surface area contributed by atoms with E-state index < -0.39 is 5.97 Å². The van der Waals surface area contributed by atoms with Gasteiger partial charge in [0.25, 0.3) is 5.91 Å². The van der Waals surface area contributed by atoms with Crippen LogP contribution in [0, 0.1) is 5.92 Å². The van der Waals surface area contributed by atoms with Gasteiger partial charge >= 0.3 is 5.97 Å². The molecule has 0 aromatic heterocycles. The highest BCUT2D eigenvalue weighted by atomic mass is 16.4. The summed E-state index contributed by atoms with van der Waals surface area (Å²) in [5.41, 5.74) is 1.42. The molecule has 0 aliphatic carbocycles. The van der Waals surface area contributed by atoms with Crippen molar-refractivity contribution >= 4 is 23.9 Å².